The van der Waals surface area contributed by atoms with E-state index in [0.29, 0.717) is 22.0 Å². The number of hydrogen-bond acceptors (Lipinski definition) is 6. The summed E-state index contributed by atoms with van der Waals surface area (Å²) in [6.07, 6.45) is 0.449. The van der Waals surface area contributed by atoms with Crippen LogP contribution in [0.5, 0.6) is 11.5 Å². The number of fused-ring (bicyclic) bond motifs is 1. The summed E-state index contributed by atoms with van der Waals surface area (Å²) in [5, 5.41) is 0.413. The molecule has 20 heavy (non-hydrogen) atoms. The number of methoxy groups -OCH3 is 2. The van der Waals surface area contributed by atoms with Crippen molar-refractivity contribution >= 4 is 33.1 Å². The van der Waals surface area contributed by atoms with E-state index in [-0.39, 0.29) is 24.4 Å². The van der Waals surface area contributed by atoms with Crippen LogP contribution in [0.25, 0.3) is 10.2 Å². The van der Waals surface area contributed by atoms with Crippen LogP contribution < -0.4 is 9.47 Å². The fraction of sp³-hybridized carbons (Fsp3) is 0.357. The molecule has 1 aromatic carbocycles. The van der Waals surface area contributed by atoms with Gasteiger partial charge in [0.2, 0.25) is 0 Å². The number of aromatic nitrogens is 1. The van der Waals surface area contributed by atoms with Crippen LogP contribution in [-0.4, -0.2) is 30.8 Å². The predicted octanol–water partition coefficient (Wildman–Crippen LogP) is 2.87. The van der Waals surface area contributed by atoms with E-state index in [2.05, 4.69) is 4.98 Å². The van der Waals surface area contributed by atoms with E-state index in [1.165, 1.54) is 18.3 Å². The zero-order valence-corrected chi connectivity index (χ0v) is 12.4. The van der Waals surface area contributed by atoms with E-state index in [9.17, 15) is 9.59 Å². The topological polar surface area (TPSA) is 65.5 Å². The Labute approximate surface area is 120 Å². The van der Waals surface area contributed by atoms with Gasteiger partial charge in [0, 0.05) is 25.0 Å². The Morgan fingerprint density at radius 2 is 1.80 bits per heavy atom. The number of hydrogen-bond donors (Lipinski definition) is 0. The number of carbonyl (C=O) groups excluding carboxylic acids is 2. The molecule has 0 amide bonds. The van der Waals surface area contributed by atoms with E-state index in [1.807, 2.05) is 0 Å². The maximum absolute atomic E-state index is 12.0. The lowest BCUT2D eigenvalue weighted by Gasteiger charge is -2.05. The quantitative estimate of drug-likeness (QED) is 0.766. The molecule has 0 bridgehead atoms. The van der Waals surface area contributed by atoms with Crippen molar-refractivity contribution in [3.05, 3.63) is 17.1 Å². The average molecular weight is 293 g/mol. The Morgan fingerprint density at radius 1 is 1.15 bits per heavy atom. The van der Waals surface area contributed by atoms with Gasteiger partial charge < -0.3 is 14.3 Å². The molecular formula is C14H15NO4S. The number of Topliss-reactive ketones (excluding diaryl/α,β-unsaturated/α-hetero) is 2. The first-order valence-electron chi connectivity index (χ1n) is 6.10. The molecule has 2 aromatic rings. The molecule has 5 nitrogen and oxygen atoms in total. The summed E-state index contributed by atoms with van der Waals surface area (Å²) in [6.45, 7) is 1.47. The van der Waals surface area contributed by atoms with Crippen LogP contribution in [0.4, 0.5) is 0 Å². The van der Waals surface area contributed by atoms with Crippen molar-refractivity contribution in [1.29, 1.82) is 0 Å². The van der Waals surface area contributed by atoms with E-state index in [1.54, 1.807) is 26.4 Å². The maximum atomic E-state index is 12.0. The minimum absolute atomic E-state index is 0.00259. The second-order valence-corrected chi connectivity index (χ2v) is 5.35. The molecule has 0 saturated carbocycles. The molecule has 0 atom stereocenters. The Bertz CT molecular complexity index is 621. The van der Waals surface area contributed by atoms with Crippen molar-refractivity contribution in [2.75, 3.05) is 14.2 Å². The minimum Gasteiger partial charge on any atom is -0.493 e. The highest BCUT2D eigenvalue weighted by molar-refractivity contribution is 7.20. The van der Waals surface area contributed by atoms with Gasteiger partial charge in [-0.15, -0.1) is 11.3 Å². The van der Waals surface area contributed by atoms with Crippen LogP contribution in [0.3, 0.4) is 0 Å². The first-order valence-corrected chi connectivity index (χ1v) is 6.92. The second kappa shape index (κ2) is 6.00. The standard InChI is InChI=1S/C14H15NO4S/c1-8(16)4-5-10(17)14-15-9-6-11(18-2)12(19-3)7-13(9)20-14/h6-7H,4-5H2,1-3H3. The van der Waals surface area contributed by atoms with Crippen LogP contribution in [0, 0.1) is 0 Å². The molecule has 0 aliphatic carbocycles. The molecule has 6 heteroatoms. The average Bonchev–Trinajstić information content (AvgIpc) is 2.85. The molecule has 106 valence electrons. The predicted molar refractivity (Wildman–Crippen MR) is 77.0 cm³/mol. The summed E-state index contributed by atoms with van der Waals surface area (Å²) in [7, 11) is 3.11. The Hall–Kier alpha value is -1.95. The van der Waals surface area contributed by atoms with Crippen molar-refractivity contribution in [2.45, 2.75) is 19.8 Å². The lowest BCUT2D eigenvalue weighted by molar-refractivity contribution is -0.116. The third-order valence-corrected chi connectivity index (χ3v) is 3.90. The zero-order valence-electron chi connectivity index (χ0n) is 11.6. The van der Waals surface area contributed by atoms with Crippen molar-refractivity contribution in [2.24, 2.45) is 0 Å². The van der Waals surface area contributed by atoms with Gasteiger partial charge in [-0.25, -0.2) is 4.98 Å². The molecule has 0 unspecified atom stereocenters. The monoisotopic (exact) mass is 293 g/mol. The Kier molecular flexibility index (Phi) is 4.34. The molecule has 0 fully saturated rings. The number of benzene rings is 1. The van der Waals surface area contributed by atoms with E-state index < -0.39 is 0 Å². The van der Waals surface area contributed by atoms with E-state index in [0.717, 1.165) is 4.70 Å². The van der Waals surface area contributed by atoms with Gasteiger partial charge in [-0.3, -0.25) is 4.79 Å². The summed E-state index contributed by atoms with van der Waals surface area (Å²) < 4.78 is 11.3. The van der Waals surface area contributed by atoms with Crippen LogP contribution in [-0.2, 0) is 4.79 Å². The van der Waals surface area contributed by atoms with Gasteiger partial charge in [-0.05, 0) is 6.92 Å². The molecule has 0 aliphatic rings. The van der Waals surface area contributed by atoms with Crippen molar-refractivity contribution in [1.82, 2.24) is 4.98 Å². The molecular weight excluding hydrogens is 278 g/mol. The minimum atomic E-state index is -0.112. The normalized spacial score (nSPS) is 10.6. The van der Waals surface area contributed by atoms with Crippen LogP contribution in [0.15, 0.2) is 12.1 Å². The summed E-state index contributed by atoms with van der Waals surface area (Å²) >= 11 is 1.30. The first-order chi connectivity index (χ1) is 9.55. The lowest BCUT2D eigenvalue weighted by atomic mass is 10.2. The van der Waals surface area contributed by atoms with Gasteiger partial charge in [0.05, 0.1) is 24.4 Å². The van der Waals surface area contributed by atoms with Crippen molar-refractivity contribution in [3.8, 4) is 11.5 Å². The number of ether oxygens (including phenoxy) is 2. The molecule has 1 heterocycles. The summed E-state index contributed by atoms with van der Waals surface area (Å²) in [5.41, 5.74) is 0.693. The summed E-state index contributed by atoms with van der Waals surface area (Å²) in [5.74, 6) is 1.07. The van der Waals surface area contributed by atoms with E-state index in [4.69, 9.17) is 9.47 Å². The van der Waals surface area contributed by atoms with E-state index >= 15 is 0 Å². The number of rotatable bonds is 6. The molecule has 2 rings (SSSR count). The fourth-order valence-electron chi connectivity index (χ4n) is 1.77. The SMILES string of the molecule is COc1cc2nc(C(=O)CCC(C)=O)sc2cc1OC. The summed E-state index contributed by atoms with van der Waals surface area (Å²) in [6, 6.07) is 3.54. The number of carbonyl (C=O) groups is 2. The largest absolute Gasteiger partial charge is 0.493 e. The molecule has 0 radical (unpaired) electrons. The summed E-state index contributed by atoms with van der Waals surface area (Å²) in [4.78, 5) is 27.2. The molecule has 0 aliphatic heterocycles. The Balaban J connectivity index is 2.33. The number of nitrogens with zero attached hydrogens (tertiary/aromatic N) is 1. The highest BCUT2D eigenvalue weighted by atomic mass is 32.1. The third-order valence-electron chi connectivity index (χ3n) is 2.84. The van der Waals surface area contributed by atoms with Crippen molar-refractivity contribution in [3.63, 3.8) is 0 Å². The highest BCUT2D eigenvalue weighted by Crippen LogP contribution is 2.34. The lowest BCUT2D eigenvalue weighted by Crippen LogP contribution is -2.01. The molecule has 0 N–H and O–H groups in total. The smallest absolute Gasteiger partial charge is 0.191 e. The first kappa shape index (κ1) is 14.5. The highest BCUT2D eigenvalue weighted by Gasteiger charge is 2.15. The fourth-order valence-corrected chi connectivity index (χ4v) is 2.71. The molecule has 1 aromatic heterocycles. The zero-order chi connectivity index (χ0) is 14.7. The van der Waals surface area contributed by atoms with Crippen LogP contribution >= 0.6 is 11.3 Å². The van der Waals surface area contributed by atoms with Gasteiger partial charge in [0.25, 0.3) is 0 Å². The number of ketones is 2. The van der Waals surface area contributed by atoms with Gasteiger partial charge in [0.15, 0.2) is 22.3 Å². The molecule has 0 spiro atoms. The van der Waals surface area contributed by atoms with Crippen molar-refractivity contribution < 1.29 is 19.1 Å². The molecule has 0 saturated heterocycles. The maximum Gasteiger partial charge on any atom is 0.191 e. The van der Waals surface area contributed by atoms with Crippen LogP contribution in [0.1, 0.15) is 29.6 Å². The number of thiazole rings is 1. The van der Waals surface area contributed by atoms with Gasteiger partial charge in [-0.1, -0.05) is 0 Å². The van der Waals surface area contributed by atoms with Gasteiger partial charge >= 0.3 is 0 Å². The van der Waals surface area contributed by atoms with Gasteiger partial charge in [-0.2, -0.15) is 0 Å². The third kappa shape index (κ3) is 2.96. The van der Waals surface area contributed by atoms with Crippen LogP contribution in [0.2, 0.25) is 0 Å². The second-order valence-electron chi connectivity index (χ2n) is 4.32. The van der Waals surface area contributed by atoms with Gasteiger partial charge in [0.1, 0.15) is 5.78 Å². The Morgan fingerprint density at radius 3 is 2.40 bits per heavy atom.